The van der Waals surface area contributed by atoms with Crippen molar-refractivity contribution >= 4 is 0 Å². The smallest absolute Gasteiger partial charge is 0.0465 e. The van der Waals surface area contributed by atoms with Crippen LogP contribution in [0.15, 0.2) is 24.3 Å². The average Bonchev–Trinajstić information content (AvgIpc) is 2.28. The van der Waals surface area contributed by atoms with E-state index in [9.17, 15) is 0 Å². The number of hydrazine groups is 1. The van der Waals surface area contributed by atoms with E-state index < -0.39 is 0 Å². The van der Waals surface area contributed by atoms with Gasteiger partial charge in [-0.15, -0.1) is 0 Å². The maximum absolute atomic E-state index is 5.71. The maximum Gasteiger partial charge on any atom is 0.0465 e. The number of nitrogens with two attached hydrogens (primary N) is 1. The predicted molar refractivity (Wildman–Crippen MR) is 67.8 cm³/mol. The van der Waals surface area contributed by atoms with Crippen LogP contribution in [-0.2, 0) is 6.42 Å². The highest BCUT2D eigenvalue weighted by Gasteiger charge is 2.23. The standard InChI is InChI=1S/C14H22N2/c1-2-12-8-3-4-9-13(12)14(16-15)10-11-6-5-7-11/h3-4,8-9,11,14,16H,2,5-7,10,15H2,1H3. The second-order valence-electron chi connectivity index (χ2n) is 4.80. The van der Waals surface area contributed by atoms with Crippen molar-refractivity contribution in [3.8, 4) is 0 Å². The van der Waals surface area contributed by atoms with E-state index in [-0.39, 0.29) is 0 Å². The molecule has 1 atom stereocenters. The van der Waals surface area contributed by atoms with Crippen LogP contribution in [0.2, 0.25) is 0 Å². The van der Waals surface area contributed by atoms with E-state index in [0.29, 0.717) is 6.04 Å². The fraction of sp³-hybridized carbons (Fsp3) is 0.571. The van der Waals surface area contributed by atoms with E-state index in [1.54, 1.807) is 0 Å². The van der Waals surface area contributed by atoms with Crippen molar-refractivity contribution < 1.29 is 0 Å². The SMILES string of the molecule is CCc1ccccc1C(CC1CCC1)NN. The summed E-state index contributed by atoms with van der Waals surface area (Å²) in [5, 5.41) is 0. The second kappa shape index (κ2) is 5.46. The van der Waals surface area contributed by atoms with Gasteiger partial charge in [0.2, 0.25) is 0 Å². The quantitative estimate of drug-likeness (QED) is 0.589. The Hall–Kier alpha value is -0.860. The van der Waals surface area contributed by atoms with Gasteiger partial charge in [-0.2, -0.15) is 0 Å². The molecule has 1 aliphatic carbocycles. The Morgan fingerprint density at radius 3 is 2.69 bits per heavy atom. The number of benzene rings is 1. The first kappa shape index (κ1) is 11.6. The highest BCUT2D eigenvalue weighted by molar-refractivity contribution is 5.30. The van der Waals surface area contributed by atoms with Crippen molar-refractivity contribution in [3.63, 3.8) is 0 Å². The summed E-state index contributed by atoms with van der Waals surface area (Å²) in [6.07, 6.45) is 6.43. The lowest BCUT2D eigenvalue weighted by Gasteiger charge is -2.30. The number of hydrogen-bond acceptors (Lipinski definition) is 2. The third kappa shape index (κ3) is 2.45. The molecule has 1 unspecified atom stereocenters. The minimum atomic E-state index is 0.335. The summed E-state index contributed by atoms with van der Waals surface area (Å²) < 4.78 is 0. The Bertz CT molecular complexity index is 331. The fourth-order valence-corrected chi connectivity index (χ4v) is 2.54. The lowest BCUT2D eigenvalue weighted by molar-refractivity contribution is 0.261. The molecule has 0 radical (unpaired) electrons. The van der Waals surface area contributed by atoms with Crippen LogP contribution >= 0.6 is 0 Å². The van der Waals surface area contributed by atoms with Crippen molar-refractivity contribution in [2.24, 2.45) is 11.8 Å². The van der Waals surface area contributed by atoms with Crippen LogP contribution in [0.3, 0.4) is 0 Å². The molecule has 1 aromatic carbocycles. The highest BCUT2D eigenvalue weighted by atomic mass is 15.2. The summed E-state index contributed by atoms with van der Waals surface area (Å²) in [6, 6.07) is 8.97. The molecule has 3 N–H and O–H groups in total. The van der Waals surface area contributed by atoms with E-state index in [2.05, 4.69) is 36.6 Å². The molecule has 1 aromatic rings. The van der Waals surface area contributed by atoms with E-state index >= 15 is 0 Å². The van der Waals surface area contributed by atoms with Gasteiger partial charge in [-0.05, 0) is 29.9 Å². The van der Waals surface area contributed by atoms with Crippen LogP contribution in [0, 0.1) is 5.92 Å². The lowest BCUT2D eigenvalue weighted by atomic mass is 9.79. The predicted octanol–water partition coefficient (Wildman–Crippen LogP) is 2.94. The highest BCUT2D eigenvalue weighted by Crippen LogP contribution is 2.35. The minimum absolute atomic E-state index is 0.335. The van der Waals surface area contributed by atoms with Gasteiger partial charge >= 0.3 is 0 Å². The number of nitrogens with one attached hydrogen (secondary N) is 1. The number of hydrogen-bond donors (Lipinski definition) is 2. The molecule has 0 aliphatic heterocycles. The molecule has 0 aromatic heterocycles. The van der Waals surface area contributed by atoms with Crippen molar-refractivity contribution in [2.45, 2.75) is 45.1 Å². The second-order valence-corrected chi connectivity index (χ2v) is 4.80. The molecule has 0 bridgehead atoms. The average molecular weight is 218 g/mol. The van der Waals surface area contributed by atoms with Gasteiger partial charge in [-0.1, -0.05) is 50.5 Å². The van der Waals surface area contributed by atoms with Gasteiger partial charge in [-0.3, -0.25) is 11.3 Å². The molecule has 2 nitrogen and oxygen atoms in total. The van der Waals surface area contributed by atoms with Crippen LogP contribution in [0.25, 0.3) is 0 Å². The molecule has 1 aliphatic rings. The fourth-order valence-electron chi connectivity index (χ4n) is 2.54. The first-order valence-corrected chi connectivity index (χ1v) is 6.39. The van der Waals surface area contributed by atoms with Crippen molar-refractivity contribution in [2.75, 3.05) is 0 Å². The zero-order valence-electron chi connectivity index (χ0n) is 10.1. The van der Waals surface area contributed by atoms with E-state index in [4.69, 9.17) is 5.84 Å². The van der Waals surface area contributed by atoms with Crippen LogP contribution in [-0.4, -0.2) is 0 Å². The third-order valence-corrected chi connectivity index (χ3v) is 3.81. The summed E-state index contributed by atoms with van der Waals surface area (Å²) in [5.41, 5.74) is 5.80. The first-order valence-electron chi connectivity index (χ1n) is 6.39. The van der Waals surface area contributed by atoms with Gasteiger partial charge in [0.1, 0.15) is 0 Å². The topological polar surface area (TPSA) is 38.0 Å². The molecule has 1 saturated carbocycles. The molecule has 0 spiro atoms. The van der Waals surface area contributed by atoms with Crippen LogP contribution < -0.4 is 11.3 Å². The van der Waals surface area contributed by atoms with Gasteiger partial charge in [0, 0.05) is 6.04 Å². The lowest BCUT2D eigenvalue weighted by Crippen LogP contribution is -2.31. The summed E-state index contributed by atoms with van der Waals surface area (Å²) in [6.45, 7) is 2.20. The van der Waals surface area contributed by atoms with E-state index in [1.165, 1.54) is 36.8 Å². The summed E-state index contributed by atoms with van der Waals surface area (Å²) in [5.74, 6) is 6.59. The molecule has 0 amide bonds. The summed E-state index contributed by atoms with van der Waals surface area (Å²) in [4.78, 5) is 0. The molecule has 0 saturated heterocycles. The molecule has 16 heavy (non-hydrogen) atoms. The molecule has 0 heterocycles. The van der Waals surface area contributed by atoms with Crippen molar-refractivity contribution in [3.05, 3.63) is 35.4 Å². The molecular formula is C14H22N2. The molecule has 2 heteroatoms. The van der Waals surface area contributed by atoms with Gasteiger partial charge in [0.25, 0.3) is 0 Å². The van der Waals surface area contributed by atoms with Crippen LogP contribution in [0.5, 0.6) is 0 Å². The van der Waals surface area contributed by atoms with Gasteiger partial charge in [-0.25, -0.2) is 0 Å². The van der Waals surface area contributed by atoms with Gasteiger partial charge < -0.3 is 0 Å². The molecule has 1 fully saturated rings. The molecule has 88 valence electrons. The zero-order valence-corrected chi connectivity index (χ0v) is 10.1. The first-order chi connectivity index (χ1) is 7.85. The Morgan fingerprint density at radius 2 is 2.12 bits per heavy atom. The van der Waals surface area contributed by atoms with Crippen molar-refractivity contribution in [1.29, 1.82) is 0 Å². The Morgan fingerprint density at radius 1 is 1.38 bits per heavy atom. The summed E-state index contributed by atoms with van der Waals surface area (Å²) in [7, 11) is 0. The molecule has 2 rings (SSSR count). The summed E-state index contributed by atoms with van der Waals surface area (Å²) >= 11 is 0. The monoisotopic (exact) mass is 218 g/mol. The van der Waals surface area contributed by atoms with Gasteiger partial charge in [0.05, 0.1) is 0 Å². The third-order valence-electron chi connectivity index (χ3n) is 3.81. The minimum Gasteiger partial charge on any atom is -0.271 e. The van der Waals surface area contributed by atoms with Gasteiger partial charge in [0.15, 0.2) is 0 Å². The number of aryl methyl sites for hydroxylation is 1. The van der Waals surface area contributed by atoms with Crippen molar-refractivity contribution in [1.82, 2.24) is 5.43 Å². The Labute approximate surface area is 98.2 Å². The molecular weight excluding hydrogens is 196 g/mol. The largest absolute Gasteiger partial charge is 0.271 e. The number of rotatable bonds is 5. The van der Waals surface area contributed by atoms with Crippen LogP contribution in [0.1, 0.15) is 49.8 Å². The van der Waals surface area contributed by atoms with E-state index in [1.807, 2.05) is 0 Å². The van der Waals surface area contributed by atoms with E-state index in [0.717, 1.165) is 12.3 Å². The van der Waals surface area contributed by atoms with Crippen LogP contribution in [0.4, 0.5) is 0 Å². The Balaban J connectivity index is 2.11. The Kier molecular flexibility index (Phi) is 3.97. The normalized spacial score (nSPS) is 18.1. The maximum atomic E-state index is 5.71. The zero-order chi connectivity index (χ0) is 11.4.